The van der Waals surface area contributed by atoms with Crippen molar-refractivity contribution in [1.82, 2.24) is 29.3 Å². The van der Waals surface area contributed by atoms with Crippen molar-refractivity contribution in [2.75, 3.05) is 13.1 Å². The number of ether oxygens (including phenoxy) is 1. The minimum absolute atomic E-state index is 0.00583. The quantitative estimate of drug-likeness (QED) is 0.415. The number of nitrogens with zero attached hydrogens (tertiary/aromatic N) is 6. The number of carbonyl (C=O) groups excluding carboxylic acids is 1. The van der Waals surface area contributed by atoms with Gasteiger partial charge in [0.1, 0.15) is 22.3 Å². The monoisotopic (exact) mass is 470 g/mol. The molecule has 33 heavy (non-hydrogen) atoms. The molecule has 5 heterocycles. The molecular weight excluding hydrogens is 443 g/mol. The van der Waals surface area contributed by atoms with Crippen LogP contribution in [0.4, 0.5) is 9.18 Å². The average Bonchev–Trinajstić information content (AvgIpc) is 3.38. The van der Waals surface area contributed by atoms with Crippen LogP contribution in [0.3, 0.4) is 0 Å². The number of carbonyl (C=O) groups is 1. The lowest BCUT2D eigenvalue weighted by Crippen LogP contribution is -2.47. The van der Waals surface area contributed by atoms with E-state index < -0.39 is 23.9 Å². The molecule has 2 atom stereocenters. The fraction of sp³-hybridized carbons (Fsp3) is 0.478. The maximum atomic E-state index is 15.0. The van der Waals surface area contributed by atoms with Crippen molar-refractivity contribution in [2.24, 2.45) is 0 Å². The zero-order valence-electron chi connectivity index (χ0n) is 19.4. The topological polar surface area (TPSA) is 77.5 Å². The molecule has 0 bridgehead atoms. The lowest BCUT2D eigenvalue weighted by Gasteiger charge is -2.35. The molecule has 8 nitrogen and oxygen atoms in total. The molecule has 1 fully saturated rings. The van der Waals surface area contributed by atoms with Gasteiger partial charge in [-0.3, -0.25) is 4.68 Å². The van der Waals surface area contributed by atoms with Crippen molar-refractivity contribution in [3.05, 3.63) is 35.8 Å². The number of aryl methyl sites for hydroxylation is 2. The van der Waals surface area contributed by atoms with Gasteiger partial charge in [0.25, 0.3) is 0 Å². The minimum Gasteiger partial charge on any atom is -0.444 e. The van der Waals surface area contributed by atoms with Gasteiger partial charge in [-0.15, -0.1) is 11.3 Å². The Balaban J connectivity index is 1.34. The summed E-state index contributed by atoms with van der Waals surface area (Å²) in [5.74, 6) is 0. The first-order valence-electron chi connectivity index (χ1n) is 11.0. The second kappa shape index (κ2) is 7.79. The van der Waals surface area contributed by atoms with Crippen LogP contribution in [0.15, 0.2) is 24.5 Å². The number of thiophene rings is 1. The number of halogens is 1. The number of hydrogen-bond acceptors (Lipinski definition) is 6. The van der Waals surface area contributed by atoms with E-state index in [-0.39, 0.29) is 6.54 Å². The van der Waals surface area contributed by atoms with Crippen molar-refractivity contribution < 1.29 is 13.9 Å². The van der Waals surface area contributed by atoms with Crippen LogP contribution in [0.5, 0.6) is 0 Å². The standard InChI is InChI=1S/C23H27FN6O2S/c1-13-8-17(26-30-10-14(2)25-20(13)30)19-9-15-11-29(27-21(15)33-19)18-6-7-28(12-16(18)24)22(31)32-23(3,4)5/h8-11,16,18H,6-7,12H2,1-5H3/t16-,18-/m0/s1. The summed E-state index contributed by atoms with van der Waals surface area (Å²) in [7, 11) is 0. The number of aromatic nitrogens is 5. The van der Waals surface area contributed by atoms with Crippen molar-refractivity contribution in [3.8, 4) is 10.6 Å². The SMILES string of the molecule is Cc1cn2nc(-c3cc4cn([C@H]5CCN(C(=O)OC(C)(C)C)C[C@@H]5F)nc4s3)cc(C)c2n1. The lowest BCUT2D eigenvalue weighted by atomic mass is 10.0. The first-order chi connectivity index (χ1) is 15.6. The molecule has 0 spiro atoms. The molecule has 0 aliphatic carbocycles. The molecule has 0 unspecified atom stereocenters. The van der Waals surface area contributed by atoms with Gasteiger partial charge in [-0.25, -0.2) is 18.7 Å². The van der Waals surface area contributed by atoms with Gasteiger partial charge in [0.05, 0.1) is 29.4 Å². The molecule has 174 valence electrons. The van der Waals surface area contributed by atoms with Crippen LogP contribution in [0.2, 0.25) is 0 Å². The first kappa shape index (κ1) is 21.8. The summed E-state index contributed by atoms with van der Waals surface area (Å²) in [5, 5.41) is 10.3. The third kappa shape index (κ3) is 4.19. The number of piperidine rings is 1. The summed E-state index contributed by atoms with van der Waals surface area (Å²) in [6, 6.07) is 3.67. The molecule has 4 aromatic rings. The van der Waals surface area contributed by atoms with Gasteiger partial charge in [0, 0.05) is 18.1 Å². The summed E-state index contributed by atoms with van der Waals surface area (Å²) >= 11 is 1.54. The summed E-state index contributed by atoms with van der Waals surface area (Å²) in [6.45, 7) is 9.84. The Morgan fingerprint density at radius 1 is 1.21 bits per heavy atom. The number of likely N-dealkylation sites (tertiary alicyclic amines) is 1. The van der Waals surface area contributed by atoms with E-state index in [0.717, 1.165) is 37.7 Å². The van der Waals surface area contributed by atoms with Crippen LogP contribution in [0.1, 0.15) is 44.5 Å². The number of amides is 1. The molecule has 0 aromatic carbocycles. The van der Waals surface area contributed by atoms with E-state index in [0.29, 0.717) is 13.0 Å². The van der Waals surface area contributed by atoms with E-state index in [1.54, 1.807) is 25.5 Å². The molecule has 0 saturated carbocycles. The largest absolute Gasteiger partial charge is 0.444 e. The summed E-state index contributed by atoms with van der Waals surface area (Å²) in [6.07, 6.45) is 2.61. The van der Waals surface area contributed by atoms with Gasteiger partial charge in [0.15, 0.2) is 5.65 Å². The van der Waals surface area contributed by atoms with E-state index >= 15 is 4.39 Å². The second-order valence-corrected chi connectivity index (χ2v) is 10.7. The zero-order chi connectivity index (χ0) is 23.5. The van der Waals surface area contributed by atoms with Crippen molar-refractivity contribution >= 4 is 33.3 Å². The van der Waals surface area contributed by atoms with Gasteiger partial charge in [0.2, 0.25) is 0 Å². The number of imidazole rings is 1. The highest BCUT2D eigenvalue weighted by atomic mass is 32.1. The van der Waals surface area contributed by atoms with E-state index in [4.69, 9.17) is 9.84 Å². The van der Waals surface area contributed by atoms with E-state index in [2.05, 4.69) is 10.1 Å². The highest BCUT2D eigenvalue weighted by Crippen LogP contribution is 2.35. The molecule has 1 amide bonds. The Labute approximate surface area is 195 Å². The Bertz CT molecular complexity index is 1320. The Morgan fingerprint density at radius 3 is 2.70 bits per heavy atom. The molecule has 4 aromatic heterocycles. The molecule has 1 aliphatic heterocycles. The van der Waals surface area contributed by atoms with E-state index in [9.17, 15) is 4.79 Å². The predicted molar refractivity (Wildman–Crippen MR) is 125 cm³/mol. The minimum atomic E-state index is -1.21. The smallest absolute Gasteiger partial charge is 0.410 e. The second-order valence-electron chi connectivity index (χ2n) is 9.64. The molecule has 0 radical (unpaired) electrons. The Morgan fingerprint density at radius 2 is 2.00 bits per heavy atom. The molecule has 1 saturated heterocycles. The van der Waals surface area contributed by atoms with E-state index in [1.807, 2.05) is 42.9 Å². The fourth-order valence-electron chi connectivity index (χ4n) is 4.19. The third-order valence-electron chi connectivity index (χ3n) is 5.70. The third-order valence-corrected chi connectivity index (χ3v) is 6.76. The zero-order valence-corrected chi connectivity index (χ0v) is 20.2. The van der Waals surface area contributed by atoms with Crippen LogP contribution in [-0.2, 0) is 4.74 Å². The first-order valence-corrected chi connectivity index (χ1v) is 11.8. The van der Waals surface area contributed by atoms with Crippen LogP contribution < -0.4 is 0 Å². The Hall–Kier alpha value is -3.01. The number of rotatable bonds is 2. The summed E-state index contributed by atoms with van der Waals surface area (Å²) in [5.41, 5.74) is 3.10. The average molecular weight is 471 g/mol. The highest BCUT2D eigenvalue weighted by Gasteiger charge is 2.35. The highest BCUT2D eigenvalue weighted by molar-refractivity contribution is 7.21. The normalized spacial score (nSPS) is 19.5. The lowest BCUT2D eigenvalue weighted by molar-refractivity contribution is 0.00581. The predicted octanol–water partition coefficient (Wildman–Crippen LogP) is 4.94. The van der Waals surface area contributed by atoms with Gasteiger partial charge < -0.3 is 9.64 Å². The van der Waals surface area contributed by atoms with Gasteiger partial charge in [-0.2, -0.15) is 10.2 Å². The van der Waals surface area contributed by atoms with Crippen LogP contribution in [-0.4, -0.2) is 60.2 Å². The summed E-state index contributed by atoms with van der Waals surface area (Å²) in [4.78, 5) is 20.1. The maximum Gasteiger partial charge on any atom is 0.410 e. The number of alkyl halides is 1. The molecule has 1 aliphatic rings. The molecule has 5 rings (SSSR count). The number of fused-ring (bicyclic) bond motifs is 2. The molecule has 10 heteroatoms. The van der Waals surface area contributed by atoms with Crippen LogP contribution >= 0.6 is 11.3 Å². The molecule has 0 N–H and O–H groups in total. The summed E-state index contributed by atoms with van der Waals surface area (Å²) < 4.78 is 23.9. The van der Waals surface area contributed by atoms with Crippen LogP contribution in [0.25, 0.3) is 26.4 Å². The van der Waals surface area contributed by atoms with Crippen LogP contribution in [0, 0.1) is 13.8 Å². The Kier molecular flexibility index (Phi) is 5.15. The van der Waals surface area contributed by atoms with Crippen molar-refractivity contribution in [3.63, 3.8) is 0 Å². The van der Waals surface area contributed by atoms with E-state index in [1.165, 1.54) is 16.2 Å². The maximum absolute atomic E-state index is 15.0. The number of hydrogen-bond donors (Lipinski definition) is 0. The molecular formula is C23H27FN6O2S. The van der Waals surface area contributed by atoms with Crippen molar-refractivity contribution in [2.45, 2.75) is 58.9 Å². The fourth-order valence-corrected chi connectivity index (χ4v) is 5.15. The van der Waals surface area contributed by atoms with Gasteiger partial charge in [-0.1, -0.05) is 0 Å². The van der Waals surface area contributed by atoms with Crippen molar-refractivity contribution in [1.29, 1.82) is 0 Å². The van der Waals surface area contributed by atoms with Gasteiger partial charge in [-0.05, 0) is 58.7 Å². The van der Waals surface area contributed by atoms with Gasteiger partial charge >= 0.3 is 6.09 Å².